The van der Waals surface area contributed by atoms with E-state index < -0.39 is 6.04 Å². The van der Waals surface area contributed by atoms with Crippen molar-refractivity contribution >= 4 is 23.2 Å². The molecule has 6 heteroatoms. The molecule has 5 nitrogen and oxygen atoms in total. The van der Waals surface area contributed by atoms with E-state index in [4.69, 9.17) is 4.74 Å². The van der Waals surface area contributed by atoms with Crippen LogP contribution < -0.4 is 5.32 Å². The molecule has 0 radical (unpaired) electrons. The first kappa shape index (κ1) is 16.7. The number of nitrogens with one attached hydrogen (secondary N) is 1. The fourth-order valence-corrected chi connectivity index (χ4v) is 3.79. The van der Waals surface area contributed by atoms with Gasteiger partial charge in [0.05, 0.1) is 11.5 Å². The largest absolute Gasteiger partial charge is 0.379 e. The molecule has 0 saturated carbocycles. The predicted molar refractivity (Wildman–Crippen MR) is 93.0 cm³/mol. The molecule has 24 heavy (non-hydrogen) atoms. The van der Waals surface area contributed by atoms with Gasteiger partial charge in [0.2, 0.25) is 5.91 Å². The summed E-state index contributed by atoms with van der Waals surface area (Å²) in [6.07, 6.45) is 0.523. The minimum Gasteiger partial charge on any atom is -0.379 e. The maximum Gasteiger partial charge on any atom is 0.264 e. The van der Waals surface area contributed by atoms with E-state index in [1.807, 2.05) is 42.5 Å². The highest BCUT2D eigenvalue weighted by Crippen LogP contribution is 2.22. The molecule has 1 N–H and O–H groups in total. The molecule has 126 valence electrons. The Morgan fingerprint density at radius 3 is 2.83 bits per heavy atom. The van der Waals surface area contributed by atoms with Gasteiger partial charge in [-0.25, -0.2) is 0 Å². The van der Waals surface area contributed by atoms with Gasteiger partial charge in [-0.15, -0.1) is 11.3 Å². The minimum absolute atomic E-state index is 0.0851. The van der Waals surface area contributed by atoms with Crippen molar-refractivity contribution in [3.63, 3.8) is 0 Å². The van der Waals surface area contributed by atoms with Gasteiger partial charge < -0.3 is 15.0 Å². The van der Waals surface area contributed by atoms with Crippen molar-refractivity contribution in [1.82, 2.24) is 10.2 Å². The van der Waals surface area contributed by atoms with Crippen LogP contribution in [0.25, 0.3) is 0 Å². The maximum absolute atomic E-state index is 12.9. The molecule has 1 aliphatic heterocycles. The highest BCUT2D eigenvalue weighted by atomic mass is 32.1. The van der Waals surface area contributed by atoms with E-state index in [9.17, 15) is 9.59 Å². The zero-order chi connectivity index (χ0) is 16.9. The van der Waals surface area contributed by atoms with Crippen LogP contribution >= 0.6 is 11.3 Å². The molecular formula is C18H20N2O3S. The Balaban J connectivity index is 1.79. The van der Waals surface area contributed by atoms with Gasteiger partial charge in [-0.2, -0.15) is 0 Å². The number of ether oxygens (including phenoxy) is 1. The fraction of sp³-hybridized carbons (Fsp3) is 0.333. The van der Waals surface area contributed by atoms with Gasteiger partial charge in [0.15, 0.2) is 0 Å². The second-order valence-corrected chi connectivity index (χ2v) is 6.86. The van der Waals surface area contributed by atoms with E-state index in [1.54, 1.807) is 12.0 Å². The molecule has 2 aromatic rings. The first-order valence-electron chi connectivity index (χ1n) is 7.89. The maximum atomic E-state index is 12.9. The standard InChI is InChI=1S/C18H20N2O3S/c1-23-12-14-7-8-16(24-14)18(22)20-10-9-19-17(21)15(20)11-13-5-3-2-4-6-13/h2-8,15H,9-12H2,1H3,(H,19,21)/t15-/m1/s1. The molecule has 0 unspecified atom stereocenters. The van der Waals surface area contributed by atoms with Crippen LogP contribution in [0.4, 0.5) is 0 Å². The lowest BCUT2D eigenvalue weighted by Crippen LogP contribution is -2.57. The second-order valence-electron chi connectivity index (χ2n) is 5.69. The molecule has 1 atom stereocenters. The summed E-state index contributed by atoms with van der Waals surface area (Å²) in [6, 6.07) is 13.0. The summed E-state index contributed by atoms with van der Waals surface area (Å²) >= 11 is 1.42. The lowest BCUT2D eigenvalue weighted by atomic mass is 10.0. The number of hydrogen-bond donors (Lipinski definition) is 1. The molecule has 1 aromatic heterocycles. The molecule has 0 spiro atoms. The molecule has 1 aromatic carbocycles. The predicted octanol–water partition coefficient (Wildman–Crippen LogP) is 2.08. The van der Waals surface area contributed by atoms with Crippen LogP contribution in [-0.4, -0.2) is 43.0 Å². The van der Waals surface area contributed by atoms with Gasteiger partial charge in [-0.3, -0.25) is 9.59 Å². The molecular weight excluding hydrogens is 324 g/mol. The van der Waals surface area contributed by atoms with E-state index in [1.165, 1.54) is 11.3 Å². The first-order valence-corrected chi connectivity index (χ1v) is 8.71. The molecule has 0 bridgehead atoms. The molecule has 1 aliphatic rings. The van der Waals surface area contributed by atoms with Crippen molar-refractivity contribution < 1.29 is 14.3 Å². The number of piperazine rings is 1. The van der Waals surface area contributed by atoms with Crippen molar-refractivity contribution in [2.24, 2.45) is 0 Å². The summed E-state index contributed by atoms with van der Waals surface area (Å²) < 4.78 is 5.11. The molecule has 3 rings (SSSR count). The van der Waals surface area contributed by atoms with Crippen LogP contribution in [0.3, 0.4) is 0 Å². The van der Waals surface area contributed by atoms with Crippen molar-refractivity contribution in [3.8, 4) is 0 Å². The van der Waals surface area contributed by atoms with E-state index in [0.29, 0.717) is 31.0 Å². The van der Waals surface area contributed by atoms with Gasteiger partial charge in [-0.1, -0.05) is 30.3 Å². The average Bonchev–Trinajstić information content (AvgIpc) is 3.06. The fourth-order valence-electron chi connectivity index (χ4n) is 2.85. The molecule has 1 saturated heterocycles. The van der Waals surface area contributed by atoms with Crippen molar-refractivity contribution in [3.05, 3.63) is 57.8 Å². The number of hydrogen-bond acceptors (Lipinski definition) is 4. The quantitative estimate of drug-likeness (QED) is 0.903. The van der Waals surface area contributed by atoms with Crippen molar-refractivity contribution in [2.75, 3.05) is 20.2 Å². The minimum atomic E-state index is -0.471. The van der Waals surface area contributed by atoms with Gasteiger partial charge >= 0.3 is 0 Å². The zero-order valence-corrected chi connectivity index (χ0v) is 14.3. The number of carbonyl (C=O) groups excluding carboxylic acids is 2. The smallest absolute Gasteiger partial charge is 0.264 e. The van der Waals surface area contributed by atoms with Gasteiger partial charge in [0, 0.05) is 31.5 Å². The number of benzene rings is 1. The molecule has 2 heterocycles. The first-order chi connectivity index (χ1) is 11.7. The SMILES string of the molecule is COCc1ccc(C(=O)N2CCNC(=O)[C@H]2Cc2ccccc2)s1. The third-order valence-electron chi connectivity index (χ3n) is 4.02. The molecule has 0 aliphatic carbocycles. The number of amides is 2. The number of thiophene rings is 1. The lowest BCUT2D eigenvalue weighted by Gasteiger charge is -2.35. The Bertz CT molecular complexity index is 714. The number of methoxy groups -OCH3 is 1. The molecule has 1 fully saturated rings. The highest BCUT2D eigenvalue weighted by molar-refractivity contribution is 7.14. The normalized spacial score (nSPS) is 17.6. The van der Waals surface area contributed by atoms with E-state index in [-0.39, 0.29) is 11.8 Å². The number of nitrogens with zero attached hydrogens (tertiary/aromatic N) is 1. The van der Waals surface area contributed by atoms with Crippen molar-refractivity contribution in [1.29, 1.82) is 0 Å². The molecule has 2 amide bonds. The van der Waals surface area contributed by atoms with Crippen LogP contribution in [0.1, 0.15) is 20.1 Å². The topological polar surface area (TPSA) is 58.6 Å². The van der Waals surface area contributed by atoms with Gasteiger partial charge in [0.25, 0.3) is 5.91 Å². The Morgan fingerprint density at radius 2 is 2.08 bits per heavy atom. The number of rotatable bonds is 5. The summed E-state index contributed by atoms with van der Waals surface area (Å²) in [7, 11) is 1.63. The summed E-state index contributed by atoms with van der Waals surface area (Å²) in [4.78, 5) is 28.5. The van der Waals surface area contributed by atoms with Crippen LogP contribution in [0, 0.1) is 0 Å². The van der Waals surface area contributed by atoms with Crippen molar-refractivity contribution in [2.45, 2.75) is 19.1 Å². The van der Waals surface area contributed by atoms with E-state index >= 15 is 0 Å². The Hall–Kier alpha value is -2.18. The van der Waals surface area contributed by atoms with Crippen LogP contribution in [0.15, 0.2) is 42.5 Å². The van der Waals surface area contributed by atoms with Crippen LogP contribution in [-0.2, 0) is 22.6 Å². The monoisotopic (exact) mass is 344 g/mol. The summed E-state index contributed by atoms with van der Waals surface area (Å²) in [5.41, 5.74) is 1.05. The van der Waals surface area contributed by atoms with E-state index in [2.05, 4.69) is 5.32 Å². The lowest BCUT2D eigenvalue weighted by molar-refractivity contribution is -0.127. The summed E-state index contributed by atoms with van der Waals surface area (Å²) in [6.45, 7) is 1.51. The Kier molecular flexibility index (Phi) is 5.27. The summed E-state index contributed by atoms with van der Waals surface area (Å²) in [5, 5.41) is 2.86. The third kappa shape index (κ3) is 3.66. The van der Waals surface area contributed by atoms with Gasteiger partial charge in [0.1, 0.15) is 6.04 Å². The Labute approximate surface area is 145 Å². The summed E-state index contributed by atoms with van der Waals surface area (Å²) in [5.74, 6) is -0.176. The average molecular weight is 344 g/mol. The Morgan fingerprint density at radius 1 is 1.29 bits per heavy atom. The third-order valence-corrected chi connectivity index (χ3v) is 5.07. The zero-order valence-electron chi connectivity index (χ0n) is 13.5. The van der Waals surface area contributed by atoms with Crippen LogP contribution in [0.5, 0.6) is 0 Å². The second kappa shape index (κ2) is 7.59. The number of carbonyl (C=O) groups is 2. The van der Waals surface area contributed by atoms with Gasteiger partial charge in [-0.05, 0) is 17.7 Å². The highest BCUT2D eigenvalue weighted by Gasteiger charge is 2.34. The van der Waals surface area contributed by atoms with Crippen LogP contribution in [0.2, 0.25) is 0 Å². The van der Waals surface area contributed by atoms with E-state index in [0.717, 1.165) is 10.4 Å².